The second-order valence-electron chi connectivity index (χ2n) is 7.41. The molecule has 4 rings (SSSR count). The first-order chi connectivity index (χ1) is 16.5. The van der Waals surface area contributed by atoms with Crippen molar-refractivity contribution in [3.8, 4) is 0 Å². The quantitative estimate of drug-likeness (QED) is 0.265. The highest BCUT2D eigenvalue weighted by molar-refractivity contribution is 7.99. The molecule has 0 bridgehead atoms. The van der Waals surface area contributed by atoms with Gasteiger partial charge in [-0.15, -0.1) is 0 Å². The molecular formula is C25H21ClFN3O3S. The number of ether oxygens (including phenoxy) is 1. The summed E-state index contributed by atoms with van der Waals surface area (Å²) in [5, 5.41) is 3.86. The van der Waals surface area contributed by atoms with Crippen molar-refractivity contribution in [1.29, 1.82) is 0 Å². The van der Waals surface area contributed by atoms with Crippen LogP contribution in [0.1, 0.15) is 11.1 Å². The summed E-state index contributed by atoms with van der Waals surface area (Å²) >= 11 is 7.29. The lowest BCUT2D eigenvalue weighted by Gasteiger charge is -2.10. The Labute approximate surface area is 205 Å². The van der Waals surface area contributed by atoms with Crippen LogP contribution in [0.2, 0.25) is 5.02 Å². The summed E-state index contributed by atoms with van der Waals surface area (Å²) in [6.45, 7) is 0.344. The highest BCUT2D eigenvalue weighted by atomic mass is 35.5. The third-order valence-electron chi connectivity index (χ3n) is 4.99. The van der Waals surface area contributed by atoms with Crippen LogP contribution < -0.4 is 5.32 Å². The van der Waals surface area contributed by atoms with Crippen LogP contribution >= 0.6 is 23.4 Å². The minimum atomic E-state index is -0.529. The van der Waals surface area contributed by atoms with Gasteiger partial charge in [-0.05, 0) is 41.5 Å². The van der Waals surface area contributed by atoms with Gasteiger partial charge in [-0.3, -0.25) is 9.59 Å². The summed E-state index contributed by atoms with van der Waals surface area (Å²) in [6, 6.07) is 21.1. The van der Waals surface area contributed by atoms with Crippen LogP contribution in [0.5, 0.6) is 0 Å². The molecule has 0 unspecified atom stereocenters. The Balaban J connectivity index is 1.33. The monoisotopic (exact) mass is 497 g/mol. The maximum absolute atomic E-state index is 13.3. The average molecular weight is 498 g/mol. The number of hydrogen-bond donors (Lipinski definition) is 1. The predicted molar refractivity (Wildman–Crippen MR) is 130 cm³/mol. The number of rotatable bonds is 9. The summed E-state index contributed by atoms with van der Waals surface area (Å²) in [5.41, 5.74) is 3.38. The van der Waals surface area contributed by atoms with Crippen LogP contribution in [0.15, 0.2) is 78.0 Å². The summed E-state index contributed by atoms with van der Waals surface area (Å²) < 4.78 is 20.4. The normalized spacial score (nSPS) is 10.9. The first kappa shape index (κ1) is 23.8. The Bertz CT molecular complexity index is 1310. The molecule has 174 valence electrons. The van der Waals surface area contributed by atoms with Crippen molar-refractivity contribution in [1.82, 2.24) is 14.9 Å². The number of nitrogens with zero attached hydrogens (tertiary/aromatic N) is 2. The van der Waals surface area contributed by atoms with E-state index in [0.29, 0.717) is 16.7 Å². The van der Waals surface area contributed by atoms with Gasteiger partial charge in [-0.1, -0.05) is 65.8 Å². The number of para-hydroxylation sites is 2. The van der Waals surface area contributed by atoms with Gasteiger partial charge in [-0.25, -0.2) is 9.37 Å². The zero-order valence-electron chi connectivity index (χ0n) is 18.0. The van der Waals surface area contributed by atoms with E-state index >= 15 is 0 Å². The number of hydrogen-bond acceptors (Lipinski definition) is 5. The molecule has 0 saturated carbocycles. The van der Waals surface area contributed by atoms with Crippen molar-refractivity contribution < 1.29 is 18.7 Å². The van der Waals surface area contributed by atoms with Gasteiger partial charge < -0.3 is 14.6 Å². The highest BCUT2D eigenvalue weighted by Crippen LogP contribution is 2.25. The number of imidazole rings is 1. The minimum Gasteiger partial charge on any atom is -0.455 e. The van der Waals surface area contributed by atoms with Gasteiger partial charge in [0, 0.05) is 11.6 Å². The van der Waals surface area contributed by atoms with Crippen LogP contribution in [-0.2, 0) is 27.4 Å². The molecule has 1 aromatic heterocycles. The van der Waals surface area contributed by atoms with E-state index in [1.165, 1.54) is 23.9 Å². The maximum Gasteiger partial charge on any atom is 0.316 e. The van der Waals surface area contributed by atoms with Gasteiger partial charge in [0.1, 0.15) is 5.82 Å². The molecule has 0 saturated heterocycles. The number of esters is 1. The summed E-state index contributed by atoms with van der Waals surface area (Å²) in [6.07, 6.45) is 0. The number of carbonyl (C=O) groups is 2. The zero-order chi connectivity index (χ0) is 23.9. The number of thioether (sulfide) groups is 1. The molecular weight excluding hydrogens is 477 g/mol. The van der Waals surface area contributed by atoms with E-state index in [1.54, 1.807) is 24.3 Å². The van der Waals surface area contributed by atoms with Crippen LogP contribution in [-0.4, -0.2) is 33.8 Å². The Hall–Kier alpha value is -3.36. The van der Waals surface area contributed by atoms with Crippen LogP contribution in [0.25, 0.3) is 11.0 Å². The van der Waals surface area contributed by atoms with Gasteiger partial charge in [0.2, 0.25) is 0 Å². The Morgan fingerprint density at radius 2 is 1.76 bits per heavy atom. The molecule has 34 heavy (non-hydrogen) atoms. The fourth-order valence-corrected chi connectivity index (χ4v) is 4.30. The number of halogens is 2. The minimum absolute atomic E-state index is 0.00939. The number of fused-ring (bicyclic) bond motifs is 1. The van der Waals surface area contributed by atoms with Gasteiger partial charge in [0.25, 0.3) is 5.91 Å². The van der Waals surface area contributed by atoms with E-state index in [9.17, 15) is 14.0 Å². The highest BCUT2D eigenvalue weighted by Gasteiger charge is 2.15. The fourth-order valence-electron chi connectivity index (χ4n) is 3.29. The summed E-state index contributed by atoms with van der Waals surface area (Å²) in [4.78, 5) is 28.9. The third-order valence-corrected chi connectivity index (χ3v) is 6.31. The average Bonchev–Trinajstić information content (AvgIpc) is 3.19. The van der Waals surface area contributed by atoms with E-state index in [2.05, 4.69) is 10.3 Å². The van der Waals surface area contributed by atoms with E-state index < -0.39 is 11.9 Å². The van der Waals surface area contributed by atoms with Crippen molar-refractivity contribution in [2.24, 2.45) is 0 Å². The largest absolute Gasteiger partial charge is 0.455 e. The molecule has 0 radical (unpaired) electrons. The topological polar surface area (TPSA) is 73.2 Å². The third kappa shape index (κ3) is 6.15. The molecule has 6 nitrogen and oxygen atoms in total. The van der Waals surface area contributed by atoms with Crippen molar-refractivity contribution >= 4 is 46.3 Å². The molecule has 0 fully saturated rings. The van der Waals surface area contributed by atoms with Crippen molar-refractivity contribution in [3.05, 3.63) is 94.8 Å². The lowest BCUT2D eigenvalue weighted by atomic mass is 10.2. The van der Waals surface area contributed by atoms with Crippen LogP contribution in [0.4, 0.5) is 4.39 Å². The van der Waals surface area contributed by atoms with Gasteiger partial charge in [0.05, 0.1) is 23.3 Å². The molecule has 0 aliphatic carbocycles. The SMILES string of the molecule is O=C(COC(=O)CSc1nc2ccccc2n1Cc1ccc(F)cc1)NCc1ccccc1Cl. The fraction of sp³-hybridized carbons (Fsp3) is 0.160. The number of aromatic nitrogens is 2. The van der Waals surface area contributed by atoms with Gasteiger partial charge >= 0.3 is 5.97 Å². The second kappa shape index (κ2) is 11.2. The maximum atomic E-state index is 13.3. The number of nitrogens with one attached hydrogen (secondary N) is 1. The van der Waals surface area contributed by atoms with E-state index in [0.717, 1.165) is 22.2 Å². The summed E-state index contributed by atoms with van der Waals surface area (Å²) in [5.74, 6) is -1.25. The lowest BCUT2D eigenvalue weighted by Crippen LogP contribution is -2.28. The predicted octanol–water partition coefficient (Wildman–Crippen LogP) is 4.83. The number of benzene rings is 3. The second-order valence-corrected chi connectivity index (χ2v) is 8.76. The van der Waals surface area contributed by atoms with Crippen molar-refractivity contribution in [2.45, 2.75) is 18.2 Å². The molecule has 0 aliphatic heterocycles. The Kier molecular flexibility index (Phi) is 7.82. The molecule has 4 aromatic rings. The molecule has 0 spiro atoms. The van der Waals surface area contributed by atoms with E-state index in [-0.39, 0.29) is 24.7 Å². The smallest absolute Gasteiger partial charge is 0.316 e. The van der Waals surface area contributed by atoms with Crippen LogP contribution in [0.3, 0.4) is 0 Å². The molecule has 1 heterocycles. The van der Waals surface area contributed by atoms with Gasteiger partial charge in [0.15, 0.2) is 11.8 Å². The molecule has 9 heteroatoms. The zero-order valence-corrected chi connectivity index (χ0v) is 19.6. The van der Waals surface area contributed by atoms with E-state index in [1.807, 2.05) is 41.0 Å². The molecule has 0 atom stereocenters. The first-order valence-electron chi connectivity index (χ1n) is 10.5. The van der Waals surface area contributed by atoms with Crippen molar-refractivity contribution in [3.63, 3.8) is 0 Å². The first-order valence-corrected chi connectivity index (χ1v) is 11.8. The Morgan fingerprint density at radius 1 is 1.03 bits per heavy atom. The van der Waals surface area contributed by atoms with Gasteiger partial charge in [-0.2, -0.15) is 0 Å². The molecule has 3 aromatic carbocycles. The molecule has 0 aliphatic rings. The lowest BCUT2D eigenvalue weighted by molar-refractivity contribution is -0.145. The summed E-state index contributed by atoms with van der Waals surface area (Å²) in [7, 11) is 0. The number of carbonyl (C=O) groups excluding carboxylic acids is 2. The molecule has 1 amide bonds. The molecule has 1 N–H and O–H groups in total. The van der Waals surface area contributed by atoms with Crippen molar-refractivity contribution in [2.75, 3.05) is 12.4 Å². The standard InChI is InChI=1S/C25H21ClFN3O3S/c26-20-6-2-1-5-18(20)13-28-23(31)15-33-24(32)16-34-25-29-21-7-3-4-8-22(21)30(25)14-17-9-11-19(27)12-10-17/h1-12H,13-16H2,(H,28,31). The number of amides is 1. The van der Waals surface area contributed by atoms with Crippen LogP contribution in [0, 0.1) is 5.82 Å². The Morgan fingerprint density at radius 3 is 2.56 bits per heavy atom. The van der Waals surface area contributed by atoms with E-state index in [4.69, 9.17) is 16.3 Å².